The smallest absolute Gasteiger partial charge is 0.262 e. The molecule has 0 fully saturated rings. The standard InChI is InChI=1S/C33H31Br2N3O3/c1-22(2)30(37-32(39)29(24-14-8-4-9-15-24)25-16-10-5-11-17-25)33(40)38-36-20-26-18-27(34)19-28(35)31(26)41-21-23-12-6-3-7-13-23/h3-20,22,29-30H,21H2,1-2H3,(H,37,39)(H,38,40)/b36-20-/t30-/m0/s1. The van der Waals surface area contributed by atoms with Crippen molar-refractivity contribution in [2.75, 3.05) is 0 Å². The minimum absolute atomic E-state index is 0.175. The van der Waals surface area contributed by atoms with Crippen LogP contribution in [0.1, 0.15) is 42.0 Å². The molecular weight excluding hydrogens is 646 g/mol. The first kappa shape index (κ1) is 30.2. The summed E-state index contributed by atoms with van der Waals surface area (Å²) in [6.07, 6.45) is 1.53. The third-order valence-corrected chi connectivity index (χ3v) is 7.46. The zero-order valence-electron chi connectivity index (χ0n) is 22.8. The lowest BCUT2D eigenvalue weighted by molar-refractivity contribution is -0.130. The van der Waals surface area contributed by atoms with Crippen LogP contribution in [0.3, 0.4) is 0 Å². The Labute approximate surface area is 257 Å². The van der Waals surface area contributed by atoms with Crippen LogP contribution in [-0.2, 0) is 16.2 Å². The summed E-state index contributed by atoms with van der Waals surface area (Å²) in [6, 6.07) is 31.9. The van der Waals surface area contributed by atoms with E-state index in [0.717, 1.165) is 25.6 Å². The van der Waals surface area contributed by atoms with Gasteiger partial charge in [0.1, 0.15) is 18.4 Å². The van der Waals surface area contributed by atoms with Crippen molar-refractivity contribution in [1.82, 2.24) is 10.7 Å². The number of carbonyl (C=O) groups is 2. The normalized spacial score (nSPS) is 12.0. The summed E-state index contributed by atoms with van der Waals surface area (Å²) >= 11 is 7.07. The van der Waals surface area contributed by atoms with Crippen LogP contribution >= 0.6 is 31.9 Å². The minimum atomic E-state index is -0.794. The van der Waals surface area contributed by atoms with E-state index in [1.165, 1.54) is 6.21 Å². The van der Waals surface area contributed by atoms with E-state index < -0.39 is 17.9 Å². The molecule has 2 N–H and O–H groups in total. The molecule has 6 nitrogen and oxygen atoms in total. The molecule has 4 aromatic rings. The fraction of sp³-hybridized carbons (Fsp3) is 0.182. The first-order valence-corrected chi connectivity index (χ1v) is 14.8. The highest BCUT2D eigenvalue weighted by Crippen LogP contribution is 2.33. The molecule has 0 saturated heterocycles. The summed E-state index contributed by atoms with van der Waals surface area (Å²) in [5.41, 5.74) is 5.99. The van der Waals surface area contributed by atoms with E-state index in [2.05, 4.69) is 47.7 Å². The fourth-order valence-electron chi connectivity index (χ4n) is 4.35. The number of amides is 2. The van der Waals surface area contributed by atoms with Crippen molar-refractivity contribution in [2.45, 2.75) is 32.4 Å². The number of carbonyl (C=O) groups excluding carboxylic acids is 2. The molecule has 0 saturated carbocycles. The molecule has 0 aliphatic carbocycles. The van der Waals surface area contributed by atoms with Crippen LogP contribution in [0.5, 0.6) is 5.75 Å². The lowest BCUT2D eigenvalue weighted by Gasteiger charge is -2.24. The van der Waals surface area contributed by atoms with Crippen LogP contribution in [0.2, 0.25) is 0 Å². The van der Waals surface area contributed by atoms with Crippen molar-refractivity contribution in [1.29, 1.82) is 0 Å². The number of benzene rings is 4. The van der Waals surface area contributed by atoms with Crippen molar-refractivity contribution in [3.63, 3.8) is 0 Å². The summed E-state index contributed by atoms with van der Waals surface area (Å²) in [5, 5.41) is 7.18. The Bertz CT molecular complexity index is 1440. The quantitative estimate of drug-likeness (QED) is 0.130. The second kappa shape index (κ2) is 14.8. The summed E-state index contributed by atoms with van der Waals surface area (Å²) in [5.74, 6) is -0.806. The van der Waals surface area contributed by atoms with Crippen molar-refractivity contribution in [2.24, 2.45) is 11.0 Å². The van der Waals surface area contributed by atoms with Gasteiger partial charge in [0.2, 0.25) is 5.91 Å². The third-order valence-electron chi connectivity index (χ3n) is 6.42. The van der Waals surface area contributed by atoms with Gasteiger partial charge in [-0.2, -0.15) is 5.10 Å². The van der Waals surface area contributed by atoms with Crippen LogP contribution < -0.4 is 15.5 Å². The van der Waals surface area contributed by atoms with Crippen LogP contribution in [0.15, 0.2) is 117 Å². The Morgan fingerprint density at radius 2 is 1.39 bits per heavy atom. The molecule has 0 aromatic heterocycles. The highest BCUT2D eigenvalue weighted by atomic mass is 79.9. The molecule has 2 amide bonds. The largest absolute Gasteiger partial charge is 0.487 e. The zero-order valence-corrected chi connectivity index (χ0v) is 25.9. The zero-order chi connectivity index (χ0) is 29.2. The average molecular weight is 677 g/mol. The number of rotatable bonds is 11. The first-order chi connectivity index (χ1) is 19.8. The first-order valence-electron chi connectivity index (χ1n) is 13.2. The molecule has 0 spiro atoms. The Hall–Kier alpha value is -3.75. The van der Waals surface area contributed by atoms with E-state index in [9.17, 15) is 9.59 Å². The Morgan fingerprint density at radius 3 is 1.95 bits per heavy atom. The fourth-order valence-corrected chi connectivity index (χ4v) is 5.72. The summed E-state index contributed by atoms with van der Waals surface area (Å²) in [4.78, 5) is 26.9. The van der Waals surface area contributed by atoms with Gasteiger partial charge in [-0.3, -0.25) is 9.59 Å². The molecule has 8 heteroatoms. The van der Waals surface area contributed by atoms with Gasteiger partial charge in [0, 0.05) is 10.0 Å². The second-order valence-electron chi connectivity index (χ2n) is 9.80. The van der Waals surface area contributed by atoms with Crippen LogP contribution in [-0.4, -0.2) is 24.1 Å². The molecule has 4 rings (SSSR count). The van der Waals surface area contributed by atoms with Gasteiger partial charge in [0.05, 0.1) is 16.6 Å². The van der Waals surface area contributed by atoms with E-state index >= 15 is 0 Å². The van der Waals surface area contributed by atoms with Gasteiger partial charge in [0.25, 0.3) is 5.91 Å². The van der Waals surface area contributed by atoms with E-state index in [4.69, 9.17) is 4.74 Å². The molecule has 1 atom stereocenters. The SMILES string of the molecule is CC(C)[C@H](NC(=O)C(c1ccccc1)c1ccccc1)C(=O)N/N=C\c1cc(Br)cc(Br)c1OCc1ccccc1. The number of nitrogens with one attached hydrogen (secondary N) is 2. The third kappa shape index (κ3) is 8.38. The molecule has 0 aliphatic rings. The Morgan fingerprint density at radius 1 is 0.829 bits per heavy atom. The number of hydrogen-bond acceptors (Lipinski definition) is 4. The van der Waals surface area contributed by atoms with Gasteiger partial charge < -0.3 is 10.1 Å². The maximum absolute atomic E-state index is 13.6. The molecule has 0 radical (unpaired) electrons. The number of halogens is 2. The topological polar surface area (TPSA) is 79.8 Å². The van der Waals surface area contributed by atoms with Gasteiger partial charge >= 0.3 is 0 Å². The Kier molecular flexibility index (Phi) is 10.9. The minimum Gasteiger partial charge on any atom is -0.487 e. The number of nitrogens with zero attached hydrogens (tertiary/aromatic N) is 1. The summed E-state index contributed by atoms with van der Waals surface area (Å²) < 4.78 is 7.66. The lowest BCUT2D eigenvalue weighted by Crippen LogP contribution is -2.50. The van der Waals surface area contributed by atoms with Gasteiger partial charge in [0.15, 0.2) is 0 Å². The van der Waals surface area contributed by atoms with E-state index in [1.54, 1.807) is 0 Å². The molecule has 210 valence electrons. The maximum Gasteiger partial charge on any atom is 0.262 e. The van der Waals surface area contributed by atoms with E-state index in [0.29, 0.717) is 17.9 Å². The lowest BCUT2D eigenvalue weighted by atomic mass is 9.89. The van der Waals surface area contributed by atoms with Gasteiger partial charge in [-0.15, -0.1) is 0 Å². The molecular formula is C33H31Br2N3O3. The van der Waals surface area contributed by atoms with Crippen molar-refractivity contribution < 1.29 is 14.3 Å². The monoisotopic (exact) mass is 675 g/mol. The highest BCUT2D eigenvalue weighted by Gasteiger charge is 2.29. The van der Waals surface area contributed by atoms with Crippen molar-refractivity contribution in [3.8, 4) is 5.75 Å². The molecule has 0 aliphatic heterocycles. The van der Waals surface area contributed by atoms with Crippen molar-refractivity contribution in [3.05, 3.63) is 134 Å². The van der Waals surface area contributed by atoms with Gasteiger partial charge in [-0.25, -0.2) is 5.43 Å². The second-order valence-corrected chi connectivity index (χ2v) is 11.6. The summed E-state index contributed by atoms with van der Waals surface area (Å²) in [6.45, 7) is 4.14. The van der Waals surface area contributed by atoms with Crippen LogP contribution in [0, 0.1) is 5.92 Å². The van der Waals surface area contributed by atoms with Gasteiger partial charge in [-0.1, -0.05) is 121 Å². The van der Waals surface area contributed by atoms with Crippen LogP contribution in [0.4, 0.5) is 0 Å². The molecule has 0 bridgehead atoms. The van der Waals surface area contributed by atoms with E-state index in [1.807, 2.05) is 117 Å². The van der Waals surface area contributed by atoms with E-state index in [-0.39, 0.29) is 11.8 Å². The van der Waals surface area contributed by atoms with Gasteiger partial charge in [-0.05, 0) is 50.7 Å². The maximum atomic E-state index is 13.6. The highest BCUT2D eigenvalue weighted by molar-refractivity contribution is 9.11. The Balaban J connectivity index is 1.49. The summed E-state index contributed by atoms with van der Waals surface area (Å²) in [7, 11) is 0. The average Bonchev–Trinajstić information content (AvgIpc) is 2.97. The molecule has 0 unspecified atom stereocenters. The van der Waals surface area contributed by atoms with Crippen LogP contribution in [0.25, 0.3) is 0 Å². The molecule has 4 aromatic carbocycles. The van der Waals surface area contributed by atoms with Crippen molar-refractivity contribution >= 4 is 49.9 Å². The number of ether oxygens (including phenoxy) is 1. The molecule has 41 heavy (non-hydrogen) atoms. The number of hydrogen-bond donors (Lipinski definition) is 2. The predicted octanol–water partition coefficient (Wildman–Crippen LogP) is 7.21. The molecule has 0 heterocycles. The predicted molar refractivity (Wildman–Crippen MR) is 170 cm³/mol. The number of hydrazone groups is 1.